The first-order valence-corrected chi connectivity index (χ1v) is 12.7. The number of esters is 4. The molecule has 5 atom stereocenters. The monoisotopic (exact) mass is 546 g/mol. The Kier molecular flexibility index (Phi) is 21.5. The van der Waals surface area contributed by atoms with Crippen LogP contribution in [0.2, 0.25) is 0 Å². The molecule has 5 unspecified atom stereocenters. The van der Waals surface area contributed by atoms with Crippen LogP contribution in [0.5, 0.6) is 0 Å². The SMILES string of the molecule is CC(S)CC(=O)OCC(C)OC(=O)CC(C)S.CC(S)CC(=O)OCCOC(=O)CC(C)S. The van der Waals surface area contributed by atoms with E-state index >= 15 is 0 Å². The third kappa shape index (κ3) is 27.4. The van der Waals surface area contributed by atoms with E-state index in [1.807, 2.05) is 13.8 Å². The van der Waals surface area contributed by atoms with Crippen LogP contribution in [0, 0.1) is 0 Å². The van der Waals surface area contributed by atoms with Crippen LogP contribution < -0.4 is 0 Å². The van der Waals surface area contributed by atoms with Crippen LogP contribution in [0.4, 0.5) is 0 Å². The van der Waals surface area contributed by atoms with Crippen LogP contribution >= 0.6 is 50.5 Å². The third-order valence-electron chi connectivity index (χ3n) is 3.27. The largest absolute Gasteiger partial charge is 0.462 e. The Balaban J connectivity index is 0. The summed E-state index contributed by atoms with van der Waals surface area (Å²) in [7, 11) is 0. The van der Waals surface area contributed by atoms with Gasteiger partial charge in [0.2, 0.25) is 0 Å². The Labute approximate surface area is 219 Å². The Bertz CT molecular complexity index is 559. The second-order valence-electron chi connectivity index (χ2n) is 7.64. The van der Waals surface area contributed by atoms with Crippen molar-refractivity contribution in [2.24, 2.45) is 0 Å². The molecule has 0 spiro atoms. The molecule has 0 aromatic rings. The number of carbonyl (C=O) groups excluding carboxylic acids is 4. The topological polar surface area (TPSA) is 105 Å². The van der Waals surface area contributed by atoms with Crippen molar-refractivity contribution in [1.29, 1.82) is 0 Å². The van der Waals surface area contributed by atoms with Crippen molar-refractivity contribution in [3.8, 4) is 0 Å². The smallest absolute Gasteiger partial charge is 0.307 e. The molecule has 0 N–H and O–H groups in total. The van der Waals surface area contributed by atoms with E-state index in [1.165, 1.54) is 0 Å². The van der Waals surface area contributed by atoms with E-state index in [-0.39, 0.29) is 90.4 Å². The summed E-state index contributed by atoms with van der Waals surface area (Å²) in [6.07, 6.45) is 0.566. The van der Waals surface area contributed by atoms with E-state index in [2.05, 4.69) is 50.5 Å². The van der Waals surface area contributed by atoms with E-state index < -0.39 is 6.10 Å². The lowest BCUT2D eigenvalue weighted by atomic mass is 10.3. The molecule has 0 aliphatic carbocycles. The lowest BCUT2D eigenvalue weighted by Crippen LogP contribution is -2.24. The summed E-state index contributed by atoms with van der Waals surface area (Å²) in [4.78, 5) is 44.6. The number of thiol groups is 4. The predicted octanol–water partition coefficient (Wildman–Crippen LogP) is 3.37. The maximum absolute atomic E-state index is 11.3. The number of hydrogen-bond acceptors (Lipinski definition) is 12. The summed E-state index contributed by atoms with van der Waals surface area (Å²) in [5.41, 5.74) is 0. The first kappa shape index (κ1) is 34.4. The molecule has 0 aromatic heterocycles. The average molecular weight is 547 g/mol. The fourth-order valence-electron chi connectivity index (χ4n) is 1.97. The minimum Gasteiger partial charge on any atom is -0.462 e. The molecule has 0 rings (SSSR count). The van der Waals surface area contributed by atoms with Crippen molar-refractivity contribution in [2.75, 3.05) is 19.8 Å². The maximum Gasteiger partial charge on any atom is 0.307 e. The van der Waals surface area contributed by atoms with Gasteiger partial charge in [-0.05, 0) is 6.92 Å². The highest BCUT2D eigenvalue weighted by Crippen LogP contribution is 2.05. The Morgan fingerprint density at radius 1 is 0.545 bits per heavy atom. The Morgan fingerprint density at radius 2 is 0.848 bits per heavy atom. The molecule has 0 saturated heterocycles. The standard InChI is InChI=1S/C11H20O4S2.C10H18O4S2/c1-7(15-11(13)5-9(3)17)6-14-10(12)4-8(2)16;1-7(15)5-9(11)13-3-4-14-10(12)6-8(2)16/h7-9,16-17H,4-6H2,1-3H3;7-8,15-16H,3-6H2,1-2H3. The number of rotatable bonds is 14. The van der Waals surface area contributed by atoms with E-state index in [4.69, 9.17) is 18.9 Å². The fourth-order valence-corrected chi connectivity index (χ4v) is 2.57. The zero-order valence-corrected chi connectivity index (χ0v) is 23.5. The number of ether oxygens (including phenoxy) is 4. The van der Waals surface area contributed by atoms with Crippen LogP contribution in [0.25, 0.3) is 0 Å². The summed E-state index contributed by atoms with van der Waals surface area (Å²) in [5, 5.41) is -0.132. The molecule has 0 amide bonds. The van der Waals surface area contributed by atoms with Gasteiger partial charge in [-0.2, -0.15) is 50.5 Å². The van der Waals surface area contributed by atoms with Gasteiger partial charge in [0.25, 0.3) is 0 Å². The molecule has 0 aliphatic rings. The first-order chi connectivity index (χ1) is 15.2. The van der Waals surface area contributed by atoms with Gasteiger partial charge < -0.3 is 18.9 Å². The van der Waals surface area contributed by atoms with Crippen molar-refractivity contribution in [3.05, 3.63) is 0 Å². The predicted molar refractivity (Wildman–Crippen MR) is 141 cm³/mol. The molecule has 0 heterocycles. The van der Waals surface area contributed by atoms with Crippen molar-refractivity contribution in [1.82, 2.24) is 0 Å². The highest BCUT2D eigenvalue weighted by atomic mass is 32.1. The van der Waals surface area contributed by atoms with Crippen LogP contribution in [-0.4, -0.2) is 70.8 Å². The van der Waals surface area contributed by atoms with E-state index in [9.17, 15) is 19.2 Å². The maximum atomic E-state index is 11.3. The summed E-state index contributed by atoms with van der Waals surface area (Å²) >= 11 is 16.3. The fraction of sp³-hybridized carbons (Fsp3) is 0.810. The van der Waals surface area contributed by atoms with Crippen molar-refractivity contribution in [2.45, 2.75) is 87.4 Å². The molecule has 0 saturated carbocycles. The molecular weight excluding hydrogens is 508 g/mol. The minimum atomic E-state index is -0.436. The summed E-state index contributed by atoms with van der Waals surface area (Å²) in [6, 6.07) is 0. The van der Waals surface area contributed by atoms with Gasteiger partial charge in [0.15, 0.2) is 0 Å². The molecular formula is C21H38O8S4. The molecule has 0 fully saturated rings. The molecule has 0 aliphatic heterocycles. The Morgan fingerprint density at radius 3 is 1.18 bits per heavy atom. The lowest BCUT2D eigenvalue weighted by molar-refractivity contribution is -0.157. The zero-order chi connectivity index (χ0) is 26.0. The molecule has 8 nitrogen and oxygen atoms in total. The quantitative estimate of drug-likeness (QED) is 0.114. The molecule has 0 aromatic carbocycles. The third-order valence-corrected chi connectivity index (χ3v) is 4.00. The van der Waals surface area contributed by atoms with Gasteiger partial charge in [-0.15, -0.1) is 0 Å². The second-order valence-corrected chi connectivity index (χ2v) is 11.2. The van der Waals surface area contributed by atoms with Gasteiger partial charge in [-0.25, -0.2) is 0 Å². The van der Waals surface area contributed by atoms with Gasteiger partial charge in [-0.3, -0.25) is 19.2 Å². The van der Waals surface area contributed by atoms with Crippen molar-refractivity contribution < 1.29 is 38.1 Å². The summed E-state index contributed by atoms with van der Waals surface area (Å²) in [6.45, 7) is 9.16. The molecule has 0 radical (unpaired) electrons. The average Bonchev–Trinajstić information content (AvgIpc) is 2.61. The van der Waals surface area contributed by atoms with Crippen LogP contribution in [0.3, 0.4) is 0 Å². The molecule has 12 heteroatoms. The lowest BCUT2D eigenvalue weighted by Gasteiger charge is -2.14. The van der Waals surface area contributed by atoms with Crippen molar-refractivity contribution in [3.63, 3.8) is 0 Å². The first-order valence-electron chi connectivity index (χ1n) is 10.6. The van der Waals surface area contributed by atoms with E-state index in [0.717, 1.165) is 0 Å². The number of carbonyl (C=O) groups is 4. The van der Waals surface area contributed by atoms with Crippen LogP contribution in [0.1, 0.15) is 60.3 Å². The highest BCUT2D eigenvalue weighted by molar-refractivity contribution is 7.81. The summed E-state index contributed by atoms with van der Waals surface area (Å²) < 4.78 is 19.6. The second kappa shape index (κ2) is 20.6. The van der Waals surface area contributed by atoms with Gasteiger partial charge in [0, 0.05) is 21.0 Å². The minimum absolute atomic E-state index is 0.0277. The van der Waals surface area contributed by atoms with E-state index in [0.29, 0.717) is 0 Å². The van der Waals surface area contributed by atoms with Crippen LogP contribution in [-0.2, 0) is 38.1 Å². The van der Waals surface area contributed by atoms with Gasteiger partial charge in [0.1, 0.15) is 25.9 Å². The zero-order valence-electron chi connectivity index (χ0n) is 19.9. The van der Waals surface area contributed by atoms with Crippen molar-refractivity contribution >= 4 is 74.4 Å². The van der Waals surface area contributed by atoms with Gasteiger partial charge >= 0.3 is 23.9 Å². The molecule has 0 bridgehead atoms. The Hall–Kier alpha value is -0.720. The van der Waals surface area contributed by atoms with E-state index in [1.54, 1.807) is 20.8 Å². The van der Waals surface area contributed by atoms with Gasteiger partial charge in [-0.1, -0.05) is 27.7 Å². The molecule has 33 heavy (non-hydrogen) atoms. The normalized spacial score (nSPS) is 14.9. The molecule has 194 valence electrons. The van der Waals surface area contributed by atoms with Gasteiger partial charge in [0.05, 0.1) is 25.7 Å². The van der Waals surface area contributed by atoms with Crippen LogP contribution in [0.15, 0.2) is 0 Å². The summed E-state index contributed by atoms with van der Waals surface area (Å²) in [5.74, 6) is -1.33. The number of hydrogen-bond donors (Lipinski definition) is 4. The highest BCUT2D eigenvalue weighted by Gasteiger charge is 2.14.